The minimum atomic E-state index is 0.714. The first kappa shape index (κ1) is 13.1. The summed E-state index contributed by atoms with van der Waals surface area (Å²) in [6, 6.07) is 0. The summed E-state index contributed by atoms with van der Waals surface area (Å²) in [6.07, 6.45) is 5.67. The molecule has 90 valence electrons. The van der Waals surface area contributed by atoms with Gasteiger partial charge in [0.1, 0.15) is 0 Å². The molecule has 1 heterocycles. The van der Waals surface area contributed by atoms with Crippen LogP contribution in [0.1, 0.15) is 47.0 Å². The first-order valence-corrected chi connectivity index (χ1v) is 6.19. The van der Waals surface area contributed by atoms with Gasteiger partial charge in [0.15, 0.2) is 0 Å². The molecule has 0 aromatic carbocycles. The van der Waals surface area contributed by atoms with E-state index in [-0.39, 0.29) is 0 Å². The fourth-order valence-electron chi connectivity index (χ4n) is 1.97. The summed E-state index contributed by atoms with van der Waals surface area (Å²) < 4.78 is 5.68. The molecule has 1 rings (SSSR count). The average Bonchev–Trinajstić information content (AvgIpc) is 2.25. The monoisotopic (exact) mass is 220 g/mol. The van der Waals surface area contributed by atoms with Crippen molar-refractivity contribution in [2.75, 3.05) is 6.61 Å². The highest BCUT2D eigenvalue weighted by molar-refractivity contribution is 5.39. The van der Waals surface area contributed by atoms with Crippen LogP contribution in [0.25, 0.3) is 0 Å². The lowest BCUT2D eigenvalue weighted by atomic mass is 9.96. The van der Waals surface area contributed by atoms with Gasteiger partial charge in [-0.2, -0.15) is 0 Å². The quantitative estimate of drug-likeness (QED) is 0.660. The van der Waals surface area contributed by atoms with E-state index in [1.165, 1.54) is 17.6 Å². The molecule has 0 aromatic rings. The van der Waals surface area contributed by atoms with Crippen molar-refractivity contribution in [1.82, 2.24) is 0 Å². The Hall–Kier alpha value is -0.980. The Kier molecular flexibility index (Phi) is 4.85. The van der Waals surface area contributed by atoms with Crippen molar-refractivity contribution in [3.8, 4) is 0 Å². The molecule has 1 aliphatic heterocycles. The maximum atomic E-state index is 5.68. The maximum Gasteiger partial charge on any atom is 0.0963 e. The van der Waals surface area contributed by atoms with Crippen molar-refractivity contribution in [3.63, 3.8) is 0 Å². The molecule has 0 fully saturated rings. The summed E-state index contributed by atoms with van der Waals surface area (Å²) in [4.78, 5) is 0. The second kappa shape index (κ2) is 5.93. The first-order valence-electron chi connectivity index (χ1n) is 6.19. The number of ether oxygens (including phenoxy) is 1. The lowest BCUT2D eigenvalue weighted by Crippen LogP contribution is -1.95. The highest BCUT2D eigenvalue weighted by atomic mass is 16.5. The van der Waals surface area contributed by atoms with Gasteiger partial charge in [0, 0.05) is 0 Å². The molecule has 1 nitrogen and oxygen atoms in total. The lowest BCUT2D eigenvalue weighted by Gasteiger charge is -2.10. The molecule has 1 heteroatoms. The van der Waals surface area contributed by atoms with E-state index in [0.717, 1.165) is 30.8 Å². The zero-order valence-corrected chi connectivity index (χ0v) is 11.1. The van der Waals surface area contributed by atoms with Crippen LogP contribution < -0.4 is 0 Å². The zero-order valence-electron chi connectivity index (χ0n) is 11.1. The summed E-state index contributed by atoms with van der Waals surface area (Å²) in [7, 11) is 0. The second-order valence-electron chi connectivity index (χ2n) is 5.06. The highest BCUT2D eigenvalue weighted by Gasteiger charge is 2.08. The van der Waals surface area contributed by atoms with Crippen molar-refractivity contribution in [2.24, 2.45) is 5.92 Å². The van der Waals surface area contributed by atoms with E-state index in [0.29, 0.717) is 5.92 Å². The van der Waals surface area contributed by atoms with Crippen LogP contribution in [-0.4, -0.2) is 6.61 Å². The molecule has 16 heavy (non-hydrogen) atoms. The Labute approximate surface area is 99.9 Å². The van der Waals surface area contributed by atoms with Crippen molar-refractivity contribution < 1.29 is 4.74 Å². The van der Waals surface area contributed by atoms with Crippen LogP contribution in [-0.2, 0) is 4.74 Å². The number of rotatable bonds is 2. The molecule has 0 aromatic heterocycles. The van der Waals surface area contributed by atoms with Gasteiger partial charge in [0.2, 0.25) is 0 Å². The van der Waals surface area contributed by atoms with Gasteiger partial charge in [-0.1, -0.05) is 32.1 Å². The third-order valence-electron chi connectivity index (χ3n) is 3.02. The van der Waals surface area contributed by atoms with Crippen LogP contribution in [0.5, 0.6) is 0 Å². The van der Waals surface area contributed by atoms with Crippen molar-refractivity contribution in [2.45, 2.75) is 47.0 Å². The van der Waals surface area contributed by atoms with Crippen LogP contribution in [0.4, 0.5) is 0 Å². The minimum absolute atomic E-state index is 0.714. The third-order valence-corrected chi connectivity index (χ3v) is 3.02. The average molecular weight is 220 g/mol. The Balaban J connectivity index is 2.87. The summed E-state index contributed by atoms with van der Waals surface area (Å²) in [5.74, 6) is 1.73. The third kappa shape index (κ3) is 3.88. The Morgan fingerprint density at radius 1 is 1.38 bits per heavy atom. The van der Waals surface area contributed by atoms with E-state index in [9.17, 15) is 0 Å². The predicted molar refractivity (Wildman–Crippen MR) is 70.2 cm³/mol. The van der Waals surface area contributed by atoms with Crippen LogP contribution in [0.3, 0.4) is 0 Å². The smallest absolute Gasteiger partial charge is 0.0963 e. The number of hydrogen-bond donors (Lipinski definition) is 0. The molecule has 0 amide bonds. The van der Waals surface area contributed by atoms with E-state index in [1.54, 1.807) is 0 Å². The van der Waals surface area contributed by atoms with E-state index in [2.05, 4.69) is 33.4 Å². The molecule has 0 radical (unpaired) electrons. The lowest BCUT2D eigenvalue weighted by molar-refractivity contribution is 0.208. The molecule has 1 aliphatic rings. The molecule has 0 atom stereocenters. The predicted octanol–water partition coefficient (Wildman–Crippen LogP) is 4.62. The maximum absolute atomic E-state index is 5.68. The highest BCUT2D eigenvalue weighted by Crippen LogP contribution is 2.24. The van der Waals surface area contributed by atoms with Crippen molar-refractivity contribution in [3.05, 3.63) is 35.1 Å². The molecule has 0 saturated carbocycles. The van der Waals surface area contributed by atoms with Crippen molar-refractivity contribution >= 4 is 0 Å². The van der Waals surface area contributed by atoms with Crippen molar-refractivity contribution in [1.29, 1.82) is 0 Å². The topological polar surface area (TPSA) is 9.23 Å². The zero-order chi connectivity index (χ0) is 12.1. The first-order chi connectivity index (χ1) is 7.50. The summed E-state index contributed by atoms with van der Waals surface area (Å²) >= 11 is 0. The largest absolute Gasteiger partial charge is 0.498 e. The standard InChI is InChI=1S/C15H24O/c1-11(2)9-15-7-6-8-16-14(5)13(4)12(3)10-15/h10-11H,3,6-9H2,1-2,4-5H3/b14-13-,15-10+. The van der Waals surface area contributed by atoms with Gasteiger partial charge in [0.05, 0.1) is 12.4 Å². The van der Waals surface area contributed by atoms with Gasteiger partial charge in [-0.25, -0.2) is 0 Å². The molecule has 0 bridgehead atoms. The van der Waals surface area contributed by atoms with Gasteiger partial charge < -0.3 is 4.74 Å². The van der Waals surface area contributed by atoms with Gasteiger partial charge in [-0.15, -0.1) is 0 Å². The molecular weight excluding hydrogens is 196 g/mol. The van der Waals surface area contributed by atoms with E-state index >= 15 is 0 Å². The van der Waals surface area contributed by atoms with Gasteiger partial charge >= 0.3 is 0 Å². The van der Waals surface area contributed by atoms with Crippen LogP contribution in [0, 0.1) is 5.92 Å². The number of allylic oxidation sites excluding steroid dienone is 5. The van der Waals surface area contributed by atoms with E-state index in [1.807, 2.05) is 6.92 Å². The normalized spacial score (nSPS) is 26.6. The SMILES string of the molecule is C=C1/C=C(/CC(C)C)CCCO/C(C)=C\1C. The molecule has 0 aliphatic carbocycles. The molecule has 0 unspecified atom stereocenters. The van der Waals surface area contributed by atoms with Gasteiger partial charge in [-0.05, 0) is 50.2 Å². The Morgan fingerprint density at radius 3 is 2.69 bits per heavy atom. The Morgan fingerprint density at radius 2 is 2.06 bits per heavy atom. The van der Waals surface area contributed by atoms with E-state index < -0.39 is 0 Å². The molecule has 0 spiro atoms. The molecule has 0 N–H and O–H groups in total. The second-order valence-corrected chi connectivity index (χ2v) is 5.06. The van der Waals surface area contributed by atoms with Gasteiger partial charge in [0.25, 0.3) is 0 Å². The minimum Gasteiger partial charge on any atom is -0.498 e. The number of hydrogen-bond acceptors (Lipinski definition) is 1. The van der Waals surface area contributed by atoms with Crippen LogP contribution in [0.15, 0.2) is 35.1 Å². The van der Waals surface area contributed by atoms with Crippen LogP contribution in [0.2, 0.25) is 0 Å². The summed E-state index contributed by atoms with van der Waals surface area (Å²) in [6.45, 7) is 13.6. The molecular formula is C15H24O. The molecule has 0 saturated heterocycles. The fourth-order valence-corrected chi connectivity index (χ4v) is 1.97. The fraction of sp³-hybridized carbons (Fsp3) is 0.600. The van der Waals surface area contributed by atoms with E-state index in [4.69, 9.17) is 4.74 Å². The van der Waals surface area contributed by atoms with Crippen LogP contribution >= 0.6 is 0 Å². The summed E-state index contributed by atoms with van der Waals surface area (Å²) in [5, 5.41) is 0. The van der Waals surface area contributed by atoms with Gasteiger partial charge in [-0.3, -0.25) is 0 Å². The Bertz CT molecular complexity index is 318. The summed E-state index contributed by atoms with van der Waals surface area (Å²) in [5.41, 5.74) is 3.80.